The fraction of sp³-hybridized carbons (Fsp3) is 0.312. The van der Waals surface area contributed by atoms with E-state index in [9.17, 15) is 9.90 Å². The normalized spacial score (nSPS) is 23.0. The van der Waals surface area contributed by atoms with Gasteiger partial charge < -0.3 is 9.52 Å². The molecule has 2 heterocycles. The van der Waals surface area contributed by atoms with E-state index in [1.54, 1.807) is 12.5 Å². The van der Waals surface area contributed by atoms with Gasteiger partial charge in [0, 0.05) is 25.6 Å². The molecule has 4 nitrogen and oxygen atoms in total. The summed E-state index contributed by atoms with van der Waals surface area (Å²) < 4.78 is 5.10. The number of aliphatic carboxylic acids is 1. The van der Waals surface area contributed by atoms with Crippen molar-refractivity contribution in [3.63, 3.8) is 0 Å². The zero-order valence-electron chi connectivity index (χ0n) is 11.1. The molecule has 1 aliphatic heterocycles. The highest BCUT2D eigenvalue weighted by molar-refractivity contribution is 5.72. The Morgan fingerprint density at radius 3 is 2.70 bits per heavy atom. The lowest BCUT2D eigenvalue weighted by atomic mass is 9.91. The number of carboxylic acid groups (broad SMARTS) is 1. The quantitative estimate of drug-likeness (QED) is 0.928. The minimum atomic E-state index is -0.730. The highest BCUT2D eigenvalue weighted by Gasteiger charge is 2.38. The molecule has 0 amide bonds. The van der Waals surface area contributed by atoms with Crippen molar-refractivity contribution in [3.8, 4) is 0 Å². The third kappa shape index (κ3) is 2.60. The monoisotopic (exact) mass is 271 g/mol. The number of nitrogens with zero attached hydrogens (tertiary/aromatic N) is 1. The minimum Gasteiger partial charge on any atom is -0.481 e. The first-order valence-corrected chi connectivity index (χ1v) is 6.75. The van der Waals surface area contributed by atoms with Gasteiger partial charge in [-0.2, -0.15) is 0 Å². The van der Waals surface area contributed by atoms with Gasteiger partial charge in [-0.1, -0.05) is 30.3 Å². The maximum absolute atomic E-state index is 11.4. The molecule has 1 N–H and O–H groups in total. The summed E-state index contributed by atoms with van der Waals surface area (Å²) in [6.45, 7) is 2.13. The third-order valence-electron chi connectivity index (χ3n) is 3.93. The van der Waals surface area contributed by atoms with E-state index >= 15 is 0 Å². The first-order chi connectivity index (χ1) is 9.74. The highest BCUT2D eigenvalue weighted by atomic mass is 16.4. The van der Waals surface area contributed by atoms with Crippen LogP contribution in [0.25, 0.3) is 0 Å². The lowest BCUT2D eigenvalue weighted by molar-refractivity contribution is -0.141. The number of furan rings is 1. The lowest BCUT2D eigenvalue weighted by Gasteiger charge is -2.15. The van der Waals surface area contributed by atoms with E-state index in [0.717, 1.165) is 18.7 Å². The summed E-state index contributed by atoms with van der Waals surface area (Å²) >= 11 is 0. The molecule has 0 bridgehead atoms. The Morgan fingerprint density at radius 1 is 1.25 bits per heavy atom. The van der Waals surface area contributed by atoms with E-state index in [0.29, 0.717) is 6.54 Å². The number of rotatable bonds is 4. The predicted molar refractivity (Wildman–Crippen MR) is 74.3 cm³/mol. The summed E-state index contributed by atoms with van der Waals surface area (Å²) in [5.74, 6) is -1.09. The van der Waals surface area contributed by atoms with Crippen LogP contribution >= 0.6 is 0 Å². The highest BCUT2D eigenvalue weighted by Crippen LogP contribution is 2.33. The van der Waals surface area contributed by atoms with Crippen LogP contribution < -0.4 is 0 Å². The fourth-order valence-electron chi connectivity index (χ4n) is 2.93. The van der Waals surface area contributed by atoms with Gasteiger partial charge in [0.25, 0.3) is 0 Å². The molecule has 0 radical (unpaired) electrons. The molecule has 1 aromatic heterocycles. The smallest absolute Gasteiger partial charge is 0.308 e. The van der Waals surface area contributed by atoms with Crippen LogP contribution in [0.2, 0.25) is 0 Å². The molecule has 1 aromatic carbocycles. The van der Waals surface area contributed by atoms with Gasteiger partial charge in [-0.25, -0.2) is 0 Å². The van der Waals surface area contributed by atoms with Gasteiger partial charge in [-0.3, -0.25) is 9.69 Å². The second-order valence-electron chi connectivity index (χ2n) is 5.29. The van der Waals surface area contributed by atoms with Crippen LogP contribution in [0.15, 0.2) is 53.3 Å². The van der Waals surface area contributed by atoms with E-state index < -0.39 is 5.97 Å². The summed E-state index contributed by atoms with van der Waals surface area (Å²) in [6, 6.07) is 12.0. The molecule has 1 fully saturated rings. The Morgan fingerprint density at radius 2 is 2.05 bits per heavy atom. The van der Waals surface area contributed by atoms with Crippen molar-refractivity contribution in [3.05, 3.63) is 60.1 Å². The van der Waals surface area contributed by atoms with Crippen molar-refractivity contribution in [2.45, 2.75) is 12.5 Å². The number of carbonyl (C=O) groups is 1. The molecular weight excluding hydrogens is 254 g/mol. The molecule has 2 aromatic rings. The maximum atomic E-state index is 11.4. The van der Waals surface area contributed by atoms with Gasteiger partial charge in [0.1, 0.15) is 0 Å². The molecule has 4 heteroatoms. The van der Waals surface area contributed by atoms with Crippen molar-refractivity contribution < 1.29 is 14.3 Å². The number of likely N-dealkylation sites (tertiary alicyclic amines) is 1. The molecule has 0 spiro atoms. The third-order valence-corrected chi connectivity index (χ3v) is 3.93. The lowest BCUT2D eigenvalue weighted by Crippen LogP contribution is -2.23. The van der Waals surface area contributed by atoms with Gasteiger partial charge in [-0.15, -0.1) is 0 Å². The molecule has 0 aliphatic carbocycles. The molecule has 1 saturated heterocycles. The maximum Gasteiger partial charge on any atom is 0.308 e. The molecule has 2 atom stereocenters. The number of hydrogen-bond acceptors (Lipinski definition) is 3. The molecule has 3 rings (SSSR count). The van der Waals surface area contributed by atoms with Gasteiger partial charge in [0.2, 0.25) is 0 Å². The van der Waals surface area contributed by atoms with E-state index in [1.807, 2.05) is 24.3 Å². The van der Waals surface area contributed by atoms with Gasteiger partial charge >= 0.3 is 5.97 Å². The fourth-order valence-corrected chi connectivity index (χ4v) is 2.93. The van der Waals surface area contributed by atoms with Crippen LogP contribution in [0.5, 0.6) is 0 Å². The molecule has 1 aliphatic rings. The minimum absolute atomic E-state index is 0.00922. The zero-order valence-corrected chi connectivity index (χ0v) is 11.1. The second-order valence-corrected chi connectivity index (χ2v) is 5.29. The van der Waals surface area contributed by atoms with E-state index in [-0.39, 0.29) is 11.8 Å². The van der Waals surface area contributed by atoms with Gasteiger partial charge in [-0.05, 0) is 17.2 Å². The Hall–Kier alpha value is -2.07. The Labute approximate surface area is 117 Å². The van der Waals surface area contributed by atoms with Gasteiger partial charge in [0.15, 0.2) is 0 Å². The van der Waals surface area contributed by atoms with Crippen molar-refractivity contribution in [1.29, 1.82) is 0 Å². The SMILES string of the molecule is O=C(O)C1CN(Cc2ccccc2)CC1c1ccoc1. The molecular formula is C16H17NO3. The first kappa shape index (κ1) is 12.9. The second kappa shape index (κ2) is 5.51. The standard InChI is InChI=1S/C16H17NO3/c18-16(19)15-10-17(8-12-4-2-1-3-5-12)9-14(15)13-6-7-20-11-13/h1-7,11,14-15H,8-10H2,(H,18,19). The Bertz CT molecular complexity index is 565. The summed E-state index contributed by atoms with van der Waals surface area (Å²) in [5, 5.41) is 9.41. The molecule has 20 heavy (non-hydrogen) atoms. The topological polar surface area (TPSA) is 53.7 Å². The summed E-state index contributed by atoms with van der Waals surface area (Å²) in [7, 11) is 0. The number of hydrogen-bond donors (Lipinski definition) is 1. The summed E-state index contributed by atoms with van der Waals surface area (Å²) in [5.41, 5.74) is 2.19. The largest absolute Gasteiger partial charge is 0.481 e. The molecule has 2 unspecified atom stereocenters. The van der Waals surface area contributed by atoms with Gasteiger partial charge in [0.05, 0.1) is 18.4 Å². The van der Waals surface area contributed by atoms with Crippen molar-refractivity contribution >= 4 is 5.97 Å². The molecule has 0 saturated carbocycles. The number of carboxylic acids is 1. The van der Waals surface area contributed by atoms with E-state index in [4.69, 9.17) is 4.42 Å². The Kier molecular flexibility index (Phi) is 3.56. The average Bonchev–Trinajstić information content (AvgIpc) is 3.08. The van der Waals surface area contributed by atoms with Crippen LogP contribution in [0.4, 0.5) is 0 Å². The van der Waals surface area contributed by atoms with Crippen molar-refractivity contribution in [2.75, 3.05) is 13.1 Å². The van der Waals surface area contributed by atoms with Crippen LogP contribution in [-0.2, 0) is 11.3 Å². The average molecular weight is 271 g/mol. The van der Waals surface area contributed by atoms with Crippen LogP contribution in [0, 0.1) is 5.92 Å². The van der Waals surface area contributed by atoms with Crippen LogP contribution in [0.1, 0.15) is 17.0 Å². The number of benzene rings is 1. The predicted octanol–water partition coefficient (Wildman–Crippen LogP) is 2.58. The molecule has 104 valence electrons. The summed E-state index contributed by atoms with van der Waals surface area (Å²) in [6.07, 6.45) is 3.26. The van der Waals surface area contributed by atoms with Crippen molar-refractivity contribution in [1.82, 2.24) is 4.90 Å². The summed E-state index contributed by atoms with van der Waals surface area (Å²) in [4.78, 5) is 13.6. The van der Waals surface area contributed by atoms with E-state index in [1.165, 1.54) is 5.56 Å². The van der Waals surface area contributed by atoms with Crippen molar-refractivity contribution in [2.24, 2.45) is 5.92 Å². The first-order valence-electron chi connectivity index (χ1n) is 6.75. The van der Waals surface area contributed by atoms with Crippen LogP contribution in [0.3, 0.4) is 0 Å². The van der Waals surface area contributed by atoms with Crippen LogP contribution in [-0.4, -0.2) is 29.1 Å². The van der Waals surface area contributed by atoms with E-state index in [2.05, 4.69) is 17.0 Å². The Balaban J connectivity index is 1.75. The zero-order chi connectivity index (χ0) is 13.9.